The number of carbonyl (C=O) groups is 3. The van der Waals surface area contributed by atoms with Crippen LogP contribution in [0.15, 0.2) is 91.0 Å². The molecular formula is C26H21ClO7. The van der Waals surface area contributed by atoms with E-state index in [0.29, 0.717) is 5.56 Å². The SMILES string of the molecule is O=C(O[C@@H]1[C@H](OC(=O)c2ccccc2)[C@H](OC(=O)c2ccccc2)CO[C@@H]1Cl)c1ccccc1. The van der Waals surface area contributed by atoms with Crippen molar-refractivity contribution in [3.63, 3.8) is 0 Å². The average Bonchev–Trinajstić information content (AvgIpc) is 2.89. The molecule has 0 unspecified atom stereocenters. The summed E-state index contributed by atoms with van der Waals surface area (Å²) in [5.41, 5.74) is -0.265. The monoisotopic (exact) mass is 480 g/mol. The first kappa shape index (κ1) is 23.5. The van der Waals surface area contributed by atoms with E-state index in [9.17, 15) is 14.4 Å². The highest BCUT2D eigenvalue weighted by molar-refractivity contribution is 6.20. The smallest absolute Gasteiger partial charge is 0.338 e. The Morgan fingerprint density at radius 2 is 1.00 bits per heavy atom. The Morgan fingerprint density at radius 3 is 1.44 bits per heavy atom. The van der Waals surface area contributed by atoms with Crippen molar-refractivity contribution in [2.75, 3.05) is 6.61 Å². The van der Waals surface area contributed by atoms with Crippen molar-refractivity contribution in [1.82, 2.24) is 0 Å². The molecule has 0 spiro atoms. The van der Waals surface area contributed by atoms with Crippen molar-refractivity contribution >= 4 is 29.5 Å². The van der Waals surface area contributed by atoms with E-state index < -0.39 is 41.8 Å². The van der Waals surface area contributed by atoms with Gasteiger partial charge in [0.05, 0.1) is 23.3 Å². The molecule has 4 atom stereocenters. The molecule has 1 saturated heterocycles. The Bertz CT molecular complexity index is 1120. The summed E-state index contributed by atoms with van der Waals surface area (Å²) in [6, 6.07) is 24.9. The fourth-order valence-electron chi connectivity index (χ4n) is 3.41. The van der Waals surface area contributed by atoms with Gasteiger partial charge in [-0.15, -0.1) is 0 Å². The maximum atomic E-state index is 12.8. The molecule has 4 rings (SSSR count). The highest BCUT2D eigenvalue weighted by Crippen LogP contribution is 2.28. The van der Waals surface area contributed by atoms with Crippen LogP contribution in [-0.2, 0) is 18.9 Å². The second kappa shape index (κ2) is 11.0. The Kier molecular flexibility index (Phi) is 7.57. The van der Waals surface area contributed by atoms with E-state index in [1.165, 1.54) is 0 Å². The molecule has 34 heavy (non-hydrogen) atoms. The lowest BCUT2D eigenvalue weighted by molar-refractivity contribution is -0.169. The van der Waals surface area contributed by atoms with E-state index in [1.807, 2.05) is 0 Å². The molecule has 0 N–H and O–H groups in total. The molecule has 0 saturated carbocycles. The predicted molar refractivity (Wildman–Crippen MR) is 123 cm³/mol. The van der Waals surface area contributed by atoms with Crippen LogP contribution in [-0.4, -0.2) is 48.4 Å². The second-order valence-corrected chi connectivity index (χ2v) is 7.90. The highest BCUT2D eigenvalue weighted by Gasteiger charge is 2.47. The fourth-order valence-corrected chi connectivity index (χ4v) is 3.68. The van der Waals surface area contributed by atoms with Crippen molar-refractivity contribution in [3.05, 3.63) is 108 Å². The zero-order valence-corrected chi connectivity index (χ0v) is 18.7. The highest BCUT2D eigenvalue weighted by atomic mass is 35.5. The number of benzene rings is 3. The molecule has 0 aliphatic carbocycles. The lowest BCUT2D eigenvalue weighted by Gasteiger charge is -2.38. The van der Waals surface area contributed by atoms with Gasteiger partial charge in [-0.05, 0) is 36.4 Å². The van der Waals surface area contributed by atoms with E-state index in [2.05, 4.69) is 0 Å². The minimum absolute atomic E-state index is 0.154. The van der Waals surface area contributed by atoms with Gasteiger partial charge in [0.2, 0.25) is 0 Å². The fraction of sp³-hybridized carbons (Fsp3) is 0.192. The Morgan fingerprint density at radius 1 is 0.618 bits per heavy atom. The lowest BCUT2D eigenvalue weighted by Crippen LogP contribution is -2.56. The van der Waals surface area contributed by atoms with E-state index in [1.54, 1.807) is 91.0 Å². The van der Waals surface area contributed by atoms with Crippen LogP contribution >= 0.6 is 11.6 Å². The molecule has 7 nitrogen and oxygen atoms in total. The third-order valence-corrected chi connectivity index (χ3v) is 5.52. The molecule has 8 heteroatoms. The van der Waals surface area contributed by atoms with Crippen LogP contribution in [0.1, 0.15) is 31.1 Å². The quantitative estimate of drug-likeness (QED) is 0.296. The number of alkyl halides is 1. The van der Waals surface area contributed by atoms with Gasteiger partial charge in [0, 0.05) is 0 Å². The Labute approximate surface area is 201 Å². The summed E-state index contributed by atoms with van der Waals surface area (Å²) in [6.45, 7) is -0.154. The van der Waals surface area contributed by atoms with Gasteiger partial charge in [0.25, 0.3) is 0 Å². The molecule has 1 heterocycles. The number of ether oxygens (including phenoxy) is 4. The topological polar surface area (TPSA) is 88.1 Å². The lowest BCUT2D eigenvalue weighted by atomic mass is 10.0. The van der Waals surface area contributed by atoms with Gasteiger partial charge in [-0.2, -0.15) is 0 Å². The van der Waals surface area contributed by atoms with Crippen LogP contribution in [0.4, 0.5) is 0 Å². The number of hydrogen-bond donors (Lipinski definition) is 0. The Balaban J connectivity index is 1.59. The van der Waals surface area contributed by atoms with Gasteiger partial charge in [0.15, 0.2) is 23.9 Å². The molecule has 0 radical (unpaired) electrons. The zero-order valence-electron chi connectivity index (χ0n) is 17.9. The molecule has 0 bridgehead atoms. The molecule has 1 aliphatic rings. The van der Waals surface area contributed by atoms with E-state index in [-0.39, 0.29) is 17.7 Å². The van der Waals surface area contributed by atoms with Crippen molar-refractivity contribution in [1.29, 1.82) is 0 Å². The number of carbonyl (C=O) groups excluding carboxylic acids is 3. The summed E-state index contributed by atoms with van der Waals surface area (Å²) >= 11 is 6.33. The summed E-state index contributed by atoms with van der Waals surface area (Å²) in [5, 5.41) is 0. The van der Waals surface area contributed by atoms with Crippen molar-refractivity contribution < 1.29 is 33.3 Å². The normalized spacial score (nSPS) is 21.8. The average molecular weight is 481 g/mol. The summed E-state index contributed by atoms with van der Waals surface area (Å²) in [7, 11) is 0. The number of esters is 3. The number of hydrogen-bond acceptors (Lipinski definition) is 7. The molecule has 0 amide bonds. The number of rotatable bonds is 6. The first-order chi connectivity index (χ1) is 16.5. The first-order valence-electron chi connectivity index (χ1n) is 10.6. The standard InChI is InChI=1S/C26H21ClO7/c27-23-22(34-26(30)19-14-8-3-9-15-19)21(33-25(29)18-12-6-2-7-13-18)20(16-31-23)32-24(28)17-10-4-1-5-11-17/h1-15,20-23H,16H2/t20-,21-,22-,23+/m1/s1. The third-order valence-electron chi connectivity index (χ3n) is 5.14. The van der Waals surface area contributed by atoms with Crippen LogP contribution in [0.3, 0.4) is 0 Å². The summed E-state index contributed by atoms with van der Waals surface area (Å²) < 4.78 is 22.4. The minimum Gasteiger partial charge on any atom is -0.452 e. The predicted octanol–water partition coefficient (Wildman–Crippen LogP) is 4.26. The van der Waals surface area contributed by atoms with Gasteiger partial charge in [-0.1, -0.05) is 66.2 Å². The molecule has 0 aromatic heterocycles. The molecular weight excluding hydrogens is 460 g/mol. The Hall–Kier alpha value is -3.68. The van der Waals surface area contributed by atoms with E-state index >= 15 is 0 Å². The zero-order chi connectivity index (χ0) is 23.9. The minimum atomic E-state index is -1.23. The largest absolute Gasteiger partial charge is 0.452 e. The summed E-state index contributed by atoms with van der Waals surface area (Å²) in [5.74, 6) is -2.01. The first-order valence-corrected chi connectivity index (χ1v) is 11.0. The van der Waals surface area contributed by atoms with Crippen LogP contribution in [0, 0.1) is 0 Å². The van der Waals surface area contributed by atoms with Crippen LogP contribution in [0.25, 0.3) is 0 Å². The van der Waals surface area contributed by atoms with Gasteiger partial charge in [-0.25, -0.2) is 14.4 Å². The molecule has 3 aromatic carbocycles. The van der Waals surface area contributed by atoms with Crippen molar-refractivity contribution in [2.24, 2.45) is 0 Å². The maximum absolute atomic E-state index is 12.8. The second-order valence-electron chi connectivity index (χ2n) is 7.47. The van der Waals surface area contributed by atoms with Gasteiger partial charge in [-0.3, -0.25) is 0 Å². The van der Waals surface area contributed by atoms with Crippen LogP contribution < -0.4 is 0 Å². The maximum Gasteiger partial charge on any atom is 0.338 e. The van der Waals surface area contributed by atoms with Gasteiger partial charge in [0.1, 0.15) is 0 Å². The molecule has 1 aliphatic heterocycles. The van der Waals surface area contributed by atoms with Crippen LogP contribution in [0.5, 0.6) is 0 Å². The third kappa shape index (κ3) is 5.62. The summed E-state index contributed by atoms with van der Waals surface area (Å²) in [4.78, 5) is 38.2. The van der Waals surface area contributed by atoms with E-state index in [0.717, 1.165) is 0 Å². The molecule has 3 aromatic rings. The van der Waals surface area contributed by atoms with Gasteiger partial charge >= 0.3 is 17.9 Å². The van der Waals surface area contributed by atoms with Crippen molar-refractivity contribution in [3.8, 4) is 0 Å². The van der Waals surface area contributed by atoms with E-state index in [4.69, 9.17) is 30.5 Å². The summed E-state index contributed by atoms with van der Waals surface area (Å²) in [6.07, 6.45) is -3.50. The van der Waals surface area contributed by atoms with Crippen molar-refractivity contribution in [2.45, 2.75) is 23.9 Å². The molecule has 1 fully saturated rings. The van der Waals surface area contributed by atoms with Crippen LogP contribution in [0.2, 0.25) is 0 Å². The molecule has 174 valence electrons. The van der Waals surface area contributed by atoms with Gasteiger partial charge < -0.3 is 18.9 Å². The number of halogens is 1.